The molecule has 0 unspecified atom stereocenters. The lowest BCUT2D eigenvalue weighted by molar-refractivity contribution is 0.147. The number of nitrogens with zero attached hydrogens (tertiary/aromatic N) is 5. The summed E-state index contributed by atoms with van der Waals surface area (Å²) in [6.07, 6.45) is 5.43. The number of H-pyrrole nitrogens is 1. The van der Waals surface area contributed by atoms with Gasteiger partial charge in [-0.15, -0.1) is 15.3 Å². The maximum Gasteiger partial charge on any atom is 0.245 e. The van der Waals surface area contributed by atoms with Gasteiger partial charge in [0, 0.05) is 30.3 Å². The van der Waals surface area contributed by atoms with Crippen LogP contribution < -0.4 is 10.2 Å². The summed E-state index contributed by atoms with van der Waals surface area (Å²) in [5.41, 5.74) is 2.18. The van der Waals surface area contributed by atoms with Gasteiger partial charge in [-0.05, 0) is 43.6 Å². The maximum atomic E-state index is 13.6. The second-order valence-electron chi connectivity index (χ2n) is 7.57. The molecule has 3 N–H and O–H groups in total. The van der Waals surface area contributed by atoms with Crippen LogP contribution in [0.5, 0.6) is 5.75 Å². The first-order valence-corrected chi connectivity index (χ1v) is 9.32. The average Bonchev–Trinajstić information content (AvgIpc) is 3.13. The number of benzene rings is 1. The summed E-state index contributed by atoms with van der Waals surface area (Å²) in [6, 6.07) is 4.86. The standard InChI is InChI=1S/C19H20FN7O/c20-17-14(8-23-25-17)12-1-2-13(16(28)7-12)15-9-22-18(26-24-15)27-10-19(11-27)3-5-21-6-4-19/h1-2,7-9,21,28H,3-6,10-11H2,(H,23,25). The molecule has 8 nitrogen and oxygen atoms in total. The molecule has 0 saturated carbocycles. The molecule has 0 bridgehead atoms. The number of aromatic nitrogens is 5. The Labute approximate surface area is 160 Å². The molecule has 2 fully saturated rings. The minimum Gasteiger partial charge on any atom is -0.507 e. The normalized spacial score (nSPS) is 18.2. The fourth-order valence-corrected chi connectivity index (χ4v) is 4.11. The van der Waals surface area contributed by atoms with Gasteiger partial charge in [-0.1, -0.05) is 6.07 Å². The summed E-state index contributed by atoms with van der Waals surface area (Å²) in [6.45, 7) is 4.07. The van der Waals surface area contributed by atoms with Gasteiger partial charge in [0.15, 0.2) is 0 Å². The van der Waals surface area contributed by atoms with Crippen molar-refractivity contribution >= 4 is 5.95 Å². The van der Waals surface area contributed by atoms with Crippen molar-refractivity contribution in [3.05, 3.63) is 36.5 Å². The van der Waals surface area contributed by atoms with Crippen molar-refractivity contribution in [1.82, 2.24) is 30.7 Å². The number of aromatic hydroxyl groups is 1. The monoisotopic (exact) mass is 381 g/mol. The smallest absolute Gasteiger partial charge is 0.245 e. The Hall–Kier alpha value is -3.07. The number of phenols is 1. The van der Waals surface area contributed by atoms with E-state index in [4.69, 9.17) is 0 Å². The molecule has 3 aromatic rings. The molecule has 0 amide bonds. The van der Waals surface area contributed by atoms with E-state index in [1.165, 1.54) is 25.1 Å². The van der Waals surface area contributed by atoms with Crippen LogP contribution in [0.4, 0.5) is 10.3 Å². The molecule has 144 valence electrons. The molecule has 4 heterocycles. The van der Waals surface area contributed by atoms with Crippen molar-refractivity contribution in [2.45, 2.75) is 12.8 Å². The third-order valence-electron chi connectivity index (χ3n) is 5.73. The predicted octanol–water partition coefficient (Wildman–Crippen LogP) is 1.96. The van der Waals surface area contributed by atoms with Crippen molar-refractivity contribution in [2.24, 2.45) is 5.41 Å². The Morgan fingerprint density at radius 2 is 1.93 bits per heavy atom. The van der Waals surface area contributed by atoms with E-state index in [1.807, 2.05) is 0 Å². The molecule has 2 saturated heterocycles. The van der Waals surface area contributed by atoms with Gasteiger partial charge in [0.05, 0.1) is 11.8 Å². The molecule has 0 radical (unpaired) electrons. The SMILES string of the molecule is Oc1cc(-c2c[nH]nc2F)ccc1-c1cnc(N2CC3(CCNCC3)C2)nn1. The van der Waals surface area contributed by atoms with E-state index < -0.39 is 5.95 Å². The molecular weight excluding hydrogens is 361 g/mol. The highest BCUT2D eigenvalue weighted by Gasteiger charge is 2.44. The molecule has 2 aliphatic rings. The van der Waals surface area contributed by atoms with Crippen molar-refractivity contribution in [3.63, 3.8) is 0 Å². The summed E-state index contributed by atoms with van der Waals surface area (Å²) in [5.74, 6) is -0.0110. The molecule has 2 aliphatic heterocycles. The highest BCUT2D eigenvalue weighted by atomic mass is 19.1. The van der Waals surface area contributed by atoms with Gasteiger partial charge in [-0.2, -0.15) is 4.39 Å². The average molecular weight is 381 g/mol. The van der Waals surface area contributed by atoms with Crippen molar-refractivity contribution < 1.29 is 9.50 Å². The van der Waals surface area contributed by atoms with E-state index in [2.05, 4.69) is 35.6 Å². The fraction of sp³-hybridized carbons (Fsp3) is 0.368. The van der Waals surface area contributed by atoms with E-state index in [9.17, 15) is 9.50 Å². The number of hydrogen-bond acceptors (Lipinski definition) is 7. The molecule has 28 heavy (non-hydrogen) atoms. The summed E-state index contributed by atoms with van der Waals surface area (Å²) < 4.78 is 13.6. The zero-order valence-corrected chi connectivity index (χ0v) is 15.2. The van der Waals surface area contributed by atoms with Crippen molar-refractivity contribution in [2.75, 3.05) is 31.1 Å². The molecule has 5 rings (SSSR count). The van der Waals surface area contributed by atoms with Crippen LogP contribution in [-0.4, -0.2) is 56.7 Å². The third-order valence-corrected chi connectivity index (χ3v) is 5.73. The molecular formula is C19H20FN7O. The first-order chi connectivity index (χ1) is 13.6. The number of phenolic OH excluding ortho intramolecular Hbond substituents is 1. The second kappa shape index (κ2) is 6.52. The first-order valence-electron chi connectivity index (χ1n) is 9.32. The number of anilines is 1. The van der Waals surface area contributed by atoms with E-state index in [1.54, 1.807) is 18.3 Å². The first kappa shape index (κ1) is 17.1. The summed E-state index contributed by atoms with van der Waals surface area (Å²) in [5, 5.41) is 28.2. The summed E-state index contributed by atoms with van der Waals surface area (Å²) >= 11 is 0. The van der Waals surface area contributed by atoms with Crippen LogP contribution >= 0.6 is 0 Å². The van der Waals surface area contributed by atoms with Gasteiger partial charge >= 0.3 is 0 Å². The number of nitrogens with one attached hydrogen (secondary N) is 2. The van der Waals surface area contributed by atoms with E-state index in [0.717, 1.165) is 26.2 Å². The Morgan fingerprint density at radius 1 is 1.11 bits per heavy atom. The van der Waals surface area contributed by atoms with Gasteiger partial charge < -0.3 is 15.3 Å². The number of halogens is 1. The summed E-state index contributed by atoms with van der Waals surface area (Å²) in [4.78, 5) is 6.58. The van der Waals surface area contributed by atoms with Crippen LogP contribution in [-0.2, 0) is 0 Å². The second-order valence-corrected chi connectivity index (χ2v) is 7.57. The topological polar surface area (TPSA) is 103 Å². The van der Waals surface area contributed by atoms with Crippen LogP contribution in [0.15, 0.2) is 30.6 Å². The zero-order valence-electron chi connectivity index (χ0n) is 15.2. The number of aromatic amines is 1. The van der Waals surface area contributed by atoms with Gasteiger partial charge in [-0.25, -0.2) is 4.98 Å². The number of piperidine rings is 1. The van der Waals surface area contributed by atoms with Crippen LogP contribution in [0.2, 0.25) is 0 Å². The maximum absolute atomic E-state index is 13.6. The van der Waals surface area contributed by atoms with Crippen LogP contribution in [0.1, 0.15) is 12.8 Å². The summed E-state index contributed by atoms with van der Waals surface area (Å²) in [7, 11) is 0. The minimum absolute atomic E-state index is 0.0143. The van der Waals surface area contributed by atoms with Gasteiger partial charge in [0.25, 0.3) is 0 Å². The van der Waals surface area contributed by atoms with E-state index >= 15 is 0 Å². The van der Waals surface area contributed by atoms with Crippen LogP contribution in [0, 0.1) is 11.4 Å². The minimum atomic E-state index is -0.612. The quantitative estimate of drug-likeness (QED) is 0.637. The molecule has 2 aromatic heterocycles. The van der Waals surface area contributed by atoms with Gasteiger partial charge in [-0.3, -0.25) is 5.10 Å². The number of rotatable bonds is 3. The lowest BCUT2D eigenvalue weighted by Gasteiger charge is -2.52. The zero-order chi connectivity index (χ0) is 19.1. The predicted molar refractivity (Wildman–Crippen MR) is 101 cm³/mol. The third kappa shape index (κ3) is 2.88. The van der Waals surface area contributed by atoms with E-state index in [0.29, 0.717) is 33.7 Å². The molecule has 1 aromatic carbocycles. The van der Waals surface area contributed by atoms with Gasteiger partial charge in [0.1, 0.15) is 11.4 Å². The Balaban J connectivity index is 1.33. The van der Waals surface area contributed by atoms with Crippen molar-refractivity contribution in [1.29, 1.82) is 0 Å². The number of hydrogen-bond donors (Lipinski definition) is 3. The highest BCUT2D eigenvalue weighted by Crippen LogP contribution is 2.40. The van der Waals surface area contributed by atoms with Crippen LogP contribution in [0.3, 0.4) is 0 Å². The lowest BCUT2D eigenvalue weighted by atomic mass is 9.72. The molecule has 0 aliphatic carbocycles. The van der Waals surface area contributed by atoms with E-state index in [-0.39, 0.29) is 5.75 Å². The Bertz CT molecular complexity index is 990. The molecule has 1 spiro atoms. The fourth-order valence-electron chi connectivity index (χ4n) is 4.11. The van der Waals surface area contributed by atoms with Crippen LogP contribution in [0.25, 0.3) is 22.4 Å². The largest absolute Gasteiger partial charge is 0.507 e. The Morgan fingerprint density at radius 3 is 2.57 bits per heavy atom. The van der Waals surface area contributed by atoms with Crippen molar-refractivity contribution in [3.8, 4) is 28.1 Å². The van der Waals surface area contributed by atoms with Gasteiger partial charge in [0.2, 0.25) is 11.9 Å². The molecule has 0 atom stereocenters. The lowest BCUT2D eigenvalue weighted by Crippen LogP contribution is -2.60. The molecule has 9 heteroatoms. The Kier molecular flexibility index (Phi) is 3.97. The highest BCUT2D eigenvalue weighted by molar-refractivity contribution is 5.73.